The molecule has 24 nitrogen and oxygen atoms in total. The second-order valence-corrected chi connectivity index (χ2v) is 21.2. The Bertz CT molecular complexity index is 4110. The predicted molar refractivity (Wildman–Crippen MR) is 283 cm³/mol. The van der Waals surface area contributed by atoms with Gasteiger partial charge < -0.3 is 121 Å². The molecule has 5 aliphatic heterocycles. The molecule has 0 saturated carbocycles. The molecular weight excluding hydrogens is 1100 g/mol. The molecule has 11 atom stereocenters. The van der Waals surface area contributed by atoms with Crippen LogP contribution < -0.4 is 23.7 Å². The van der Waals surface area contributed by atoms with Gasteiger partial charge >= 0.3 is 5.79 Å². The summed E-state index contributed by atoms with van der Waals surface area (Å²) in [6.45, 7) is 0. The van der Waals surface area contributed by atoms with Gasteiger partial charge in [0.15, 0.2) is 58.2 Å². The molecule has 0 aromatic heterocycles. The molecule has 0 amide bonds. The third-order valence-corrected chi connectivity index (χ3v) is 16.4. The first kappa shape index (κ1) is 52.9. The molecule has 0 radical (unpaired) electrons. The van der Waals surface area contributed by atoms with E-state index in [2.05, 4.69) is 0 Å². The zero-order valence-electron chi connectivity index (χ0n) is 42.8. The lowest BCUT2D eigenvalue weighted by Gasteiger charge is -2.52. The number of rotatable bonds is 6. The fourth-order valence-electron chi connectivity index (χ4n) is 12.5. The van der Waals surface area contributed by atoms with Crippen LogP contribution >= 0.6 is 0 Å². The third-order valence-electron chi connectivity index (χ3n) is 16.4. The average Bonchev–Trinajstić information content (AvgIpc) is 0.890. The van der Waals surface area contributed by atoms with Gasteiger partial charge in [0.1, 0.15) is 93.4 Å². The standard InChI is InChI=1S/C60H48O24/c61-23-13-34(71)42-40(14-23)80-54(20-2-6-26(63)31(68)10-20)51(77)48(42)45-36(73)17-37(74)46-50-47-41(83-60(59(50)79,84-58(45)46)22-4-8-28(65)33(70)12-22)18-38(75)44-49(52(78)55(82-57(44)47)21-3-7-27(64)32(69)11-21)43-35(72)16-29(66)24-15-39(76)53(81-56(24)43)19-1-5-25(62)30(67)9-19/h1-14,16-18,39,48-55,59,61-79H,15H2/t39-,48+,49+,50+,51-,52-,53-,54-,55-,59-,60-/m1/s1. The number of aliphatic hydroxyl groups is 4. The molecule has 19 N–H and O–H groups in total. The normalized spacial score (nSPS) is 25.1. The highest BCUT2D eigenvalue weighted by molar-refractivity contribution is 5.74. The van der Waals surface area contributed by atoms with Gasteiger partial charge in [-0.3, -0.25) is 0 Å². The number of hydrogen-bond acceptors (Lipinski definition) is 24. The summed E-state index contributed by atoms with van der Waals surface area (Å²) < 4.78 is 32.9. The zero-order valence-corrected chi connectivity index (χ0v) is 42.8. The zero-order chi connectivity index (χ0) is 59.4. The summed E-state index contributed by atoms with van der Waals surface area (Å²) in [5.41, 5.74) is -2.64. The largest absolute Gasteiger partial charge is 0.508 e. The maximum absolute atomic E-state index is 13.2. The van der Waals surface area contributed by atoms with Crippen LogP contribution in [0.2, 0.25) is 0 Å². The molecule has 0 unspecified atom stereocenters. The molecule has 84 heavy (non-hydrogen) atoms. The fraction of sp³-hybridized carbons (Fsp3) is 0.200. The molecule has 2 bridgehead atoms. The van der Waals surface area contributed by atoms with E-state index < -0.39 is 193 Å². The predicted octanol–water partition coefficient (Wildman–Crippen LogP) is 5.69. The molecule has 0 fully saturated rings. The number of aromatic hydroxyl groups is 15. The molecule has 0 aliphatic carbocycles. The second-order valence-electron chi connectivity index (χ2n) is 21.2. The van der Waals surface area contributed by atoms with E-state index in [9.17, 15) is 97.0 Å². The van der Waals surface area contributed by atoms with Crippen molar-refractivity contribution in [2.75, 3.05) is 0 Å². The van der Waals surface area contributed by atoms with Crippen LogP contribution in [0.1, 0.15) is 97.3 Å². The van der Waals surface area contributed by atoms with Crippen molar-refractivity contribution in [1.82, 2.24) is 0 Å². The first-order valence-corrected chi connectivity index (χ1v) is 25.8. The fourth-order valence-corrected chi connectivity index (χ4v) is 12.5. The Balaban J connectivity index is 1.09. The Morgan fingerprint density at radius 3 is 1.36 bits per heavy atom. The minimum Gasteiger partial charge on any atom is -0.508 e. The van der Waals surface area contributed by atoms with Crippen molar-refractivity contribution >= 4 is 0 Å². The van der Waals surface area contributed by atoms with Crippen molar-refractivity contribution < 1.29 is 121 Å². The van der Waals surface area contributed by atoms with Crippen molar-refractivity contribution in [3.05, 3.63) is 164 Å². The van der Waals surface area contributed by atoms with Crippen LogP contribution in [0.25, 0.3) is 0 Å². The maximum atomic E-state index is 13.2. The first-order valence-electron chi connectivity index (χ1n) is 25.8. The number of benzene rings is 8. The van der Waals surface area contributed by atoms with E-state index in [4.69, 9.17) is 23.7 Å². The number of hydrogen-bond donors (Lipinski definition) is 19. The summed E-state index contributed by atoms with van der Waals surface area (Å²) in [5, 5.41) is 218. The molecule has 13 rings (SSSR count). The monoisotopic (exact) mass is 1150 g/mol. The summed E-state index contributed by atoms with van der Waals surface area (Å²) in [6.07, 6.45) is -12.8. The van der Waals surface area contributed by atoms with Crippen LogP contribution in [0.4, 0.5) is 0 Å². The molecule has 432 valence electrons. The van der Waals surface area contributed by atoms with Crippen LogP contribution in [0.3, 0.4) is 0 Å². The molecule has 5 aliphatic rings. The Morgan fingerprint density at radius 1 is 0.333 bits per heavy atom. The van der Waals surface area contributed by atoms with Gasteiger partial charge in [0.25, 0.3) is 0 Å². The van der Waals surface area contributed by atoms with Crippen LogP contribution in [0.5, 0.6) is 115 Å². The molecular formula is C60H48O24. The van der Waals surface area contributed by atoms with Crippen molar-refractivity contribution in [3.8, 4) is 115 Å². The Labute approximate surface area is 471 Å². The first-order chi connectivity index (χ1) is 40.0. The summed E-state index contributed by atoms with van der Waals surface area (Å²) in [7, 11) is 0. The SMILES string of the molecule is Oc1cc(O)c2c(c1)O[C@H](c1ccc(O)c(O)c1)[C@H](O)[C@@H]2c1c(O)cc(O)c2c1O[C@@]1(c3ccc(O)c(O)c3)Oc3cc(O)c4c(c3[C@H]2[C@H]1O)O[C@H](c1ccc(O)c(O)c1)[C@H](O)[C@H]4c1c(O)cc(O)c2c1O[C@H](c1ccc(O)c(O)c1)[C@H](O)C2. The summed E-state index contributed by atoms with van der Waals surface area (Å²) in [5.74, 6) is -20.4. The van der Waals surface area contributed by atoms with Gasteiger partial charge in [-0.05, 0) is 71.3 Å². The van der Waals surface area contributed by atoms with Crippen molar-refractivity contribution in [1.29, 1.82) is 0 Å². The minimum atomic E-state index is -2.72. The summed E-state index contributed by atoms with van der Waals surface area (Å²) >= 11 is 0. The smallest absolute Gasteiger partial charge is 0.305 e. The molecule has 0 spiro atoms. The maximum Gasteiger partial charge on any atom is 0.305 e. The average molecular weight is 1150 g/mol. The lowest BCUT2D eigenvalue weighted by Crippen LogP contribution is -2.58. The van der Waals surface area contributed by atoms with Crippen LogP contribution in [-0.4, -0.2) is 121 Å². The lowest BCUT2D eigenvalue weighted by molar-refractivity contribution is -0.219. The van der Waals surface area contributed by atoms with Crippen LogP contribution in [0, 0.1) is 0 Å². The quantitative estimate of drug-likeness (QED) is 0.0889. The molecule has 8 aromatic carbocycles. The summed E-state index contributed by atoms with van der Waals surface area (Å²) in [6, 6.07) is 18.2. The number of phenols is 15. The molecule has 24 heteroatoms. The highest BCUT2D eigenvalue weighted by atomic mass is 16.7. The summed E-state index contributed by atoms with van der Waals surface area (Å²) in [4.78, 5) is 0. The molecule has 0 saturated heterocycles. The lowest BCUT2D eigenvalue weighted by atomic mass is 9.70. The third kappa shape index (κ3) is 7.68. The van der Waals surface area contributed by atoms with Gasteiger partial charge in [0.05, 0.1) is 23.9 Å². The number of aliphatic hydroxyl groups excluding tert-OH is 4. The van der Waals surface area contributed by atoms with E-state index in [-0.39, 0.29) is 56.0 Å². The van der Waals surface area contributed by atoms with E-state index in [1.807, 2.05) is 0 Å². The van der Waals surface area contributed by atoms with Crippen molar-refractivity contribution in [2.24, 2.45) is 0 Å². The second kappa shape index (κ2) is 18.6. The van der Waals surface area contributed by atoms with E-state index in [1.165, 1.54) is 24.3 Å². The Hall–Kier alpha value is -10.4. The van der Waals surface area contributed by atoms with Crippen molar-refractivity contribution in [2.45, 2.75) is 72.7 Å². The van der Waals surface area contributed by atoms with Crippen LogP contribution in [-0.2, 0) is 12.2 Å². The van der Waals surface area contributed by atoms with E-state index in [0.717, 1.165) is 78.9 Å². The molecule has 8 aromatic rings. The highest BCUT2D eigenvalue weighted by Gasteiger charge is 2.62. The number of ether oxygens (including phenoxy) is 5. The van der Waals surface area contributed by atoms with Gasteiger partial charge in [-0.1, -0.05) is 18.2 Å². The van der Waals surface area contributed by atoms with Gasteiger partial charge in [0, 0.05) is 81.3 Å². The van der Waals surface area contributed by atoms with Crippen molar-refractivity contribution in [3.63, 3.8) is 0 Å². The number of phenolic OH excluding ortho intramolecular Hbond substituents is 15. The minimum absolute atomic E-state index is 0.0134. The van der Waals surface area contributed by atoms with Gasteiger partial charge in [0.2, 0.25) is 0 Å². The van der Waals surface area contributed by atoms with E-state index >= 15 is 0 Å². The highest BCUT2D eigenvalue weighted by Crippen LogP contribution is 2.68. The Morgan fingerprint density at radius 2 is 0.786 bits per heavy atom. The van der Waals surface area contributed by atoms with E-state index in [1.54, 1.807) is 0 Å². The van der Waals surface area contributed by atoms with Gasteiger partial charge in [-0.2, -0.15) is 0 Å². The van der Waals surface area contributed by atoms with Crippen LogP contribution in [0.15, 0.2) is 103 Å². The van der Waals surface area contributed by atoms with Gasteiger partial charge in [-0.15, -0.1) is 0 Å². The topological polar surface area (TPSA) is 431 Å². The van der Waals surface area contributed by atoms with E-state index in [0.29, 0.717) is 0 Å². The van der Waals surface area contributed by atoms with Gasteiger partial charge in [-0.25, -0.2) is 0 Å². The molecule has 5 heterocycles. The number of fused-ring (bicyclic) bond motifs is 10. The Kier molecular flexibility index (Phi) is 11.7.